The van der Waals surface area contributed by atoms with Crippen LogP contribution in [0, 0.1) is 13.8 Å². The van der Waals surface area contributed by atoms with Crippen LogP contribution < -0.4 is 5.32 Å². The topological polar surface area (TPSA) is 59.8 Å². The van der Waals surface area contributed by atoms with Crippen molar-refractivity contribution < 1.29 is 4.79 Å². The summed E-state index contributed by atoms with van der Waals surface area (Å²) in [6.07, 6.45) is 3.60. The van der Waals surface area contributed by atoms with Crippen molar-refractivity contribution in [2.45, 2.75) is 31.3 Å². The summed E-state index contributed by atoms with van der Waals surface area (Å²) >= 11 is 7.82. The Bertz CT molecular complexity index is 1550. The van der Waals surface area contributed by atoms with Crippen LogP contribution in [0.3, 0.4) is 0 Å². The third kappa shape index (κ3) is 5.30. The molecule has 2 aromatic heterocycles. The summed E-state index contributed by atoms with van der Waals surface area (Å²) in [7, 11) is 0. The van der Waals surface area contributed by atoms with E-state index in [-0.39, 0.29) is 5.91 Å². The quantitative estimate of drug-likeness (QED) is 0.232. The van der Waals surface area contributed by atoms with Gasteiger partial charge in [0.15, 0.2) is 5.16 Å². The highest BCUT2D eigenvalue weighted by Gasteiger charge is 2.14. The van der Waals surface area contributed by atoms with Crippen LogP contribution in [0.1, 0.15) is 32.6 Å². The zero-order chi connectivity index (χ0) is 25.1. The van der Waals surface area contributed by atoms with E-state index < -0.39 is 0 Å². The Hall–Kier alpha value is -3.61. The maximum absolute atomic E-state index is 12.8. The predicted octanol–water partition coefficient (Wildman–Crippen LogP) is 7.29. The van der Waals surface area contributed by atoms with Gasteiger partial charge in [0.25, 0.3) is 5.91 Å². The van der Waals surface area contributed by atoms with Gasteiger partial charge in [0, 0.05) is 28.2 Å². The molecule has 3 aromatic carbocycles. The van der Waals surface area contributed by atoms with E-state index in [0.717, 1.165) is 54.9 Å². The first-order valence-corrected chi connectivity index (χ1v) is 13.0. The van der Waals surface area contributed by atoms with E-state index in [0.29, 0.717) is 12.1 Å². The number of pyridine rings is 1. The maximum Gasteiger partial charge on any atom is 0.255 e. The average molecular weight is 513 g/mol. The molecule has 2 heterocycles. The lowest BCUT2D eigenvalue weighted by molar-refractivity contribution is 0.102. The molecular formula is C29H25ClN4OS. The van der Waals surface area contributed by atoms with Crippen LogP contribution in [0.5, 0.6) is 0 Å². The molecule has 0 aliphatic heterocycles. The van der Waals surface area contributed by atoms with Crippen molar-refractivity contribution in [3.63, 3.8) is 0 Å². The Balaban J connectivity index is 1.35. The van der Waals surface area contributed by atoms with Crippen LogP contribution in [0.25, 0.3) is 11.0 Å². The number of fused-ring (bicyclic) bond motifs is 1. The van der Waals surface area contributed by atoms with Crippen LogP contribution in [0.15, 0.2) is 90.3 Å². The molecule has 0 saturated heterocycles. The number of imidazole rings is 1. The molecule has 0 bridgehead atoms. The number of halogens is 1. The maximum atomic E-state index is 12.8. The number of anilines is 1. The zero-order valence-electron chi connectivity index (χ0n) is 20.0. The number of rotatable bonds is 7. The van der Waals surface area contributed by atoms with Crippen molar-refractivity contribution >= 4 is 46.0 Å². The van der Waals surface area contributed by atoms with E-state index in [2.05, 4.69) is 20.9 Å². The Kier molecular flexibility index (Phi) is 7.07. The smallest absolute Gasteiger partial charge is 0.255 e. The first-order chi connectivity index (χ1) is 17.5. The number of hydrogen-bond donors (Lipinski definition) is 1. The van der Waals surface area contributed by atoms with E-state index in [9.17, 15) is 4.79 Å². The molecule has 0 unspecified atom stereocenters. The first-order valence-electron chi connectivity index (χ1n) is 11.6. The number of carbonyl (C=O) groups excluding carboxylic acids is 1. The van der Waals surface area contributed by atoms with Gasteiger partial charge in [-0.3, -0.25) is 9.78 Å². The summed E-state index contributed by atoms with van der Waals surface area (Å²) in [6.45, 7) is 4.68. The van der Waals surface area contributed by atoms with Crippen molar-refractivity contribution in [3.8, 4) is 0 Å². The molecule has 0 spiro atoms. The van der Waals surface area contributed by atoms with Gasteiger partial charge in [-0.05, 0) is 72.5 Å². The van der Waals surface area contributed by atoms with Crippen LogP contribution >= 0.6 is 23.4 Å². The molecule has 5 aromatic rings. The highest BCUT2D eigenvalue weighted by molar-refractivity contribution is 7.98. The number of aryl methyl sites for hydroxylation is 1. The van der Waals surface area contributed by atoms with Gasteiger partial charge in [0.05, 0.1) is 23.8 Å². The minimum atomic E-state index is -0.120. The highest BCUT2D eigenvalue weighted by Crippen LogP contribution is 2.28. The molecule has 7 heteroatoms. The number of aromatic nitrogens is 3. The normalized spacial score (nSPS) is 11.1. The number of nitrogens with zero attached hydrogens (tertiary/aromatic N) is 3. The van der Waals surface area contributed by atoms with E-state index in [4.69, 9.17) is 16.6 Å². The van der Waals surface area contributed by atoms with Gasteiger partial charge in [0.1, 0.15) is 0 Å². The molecule has 0 saturated carbocycles. The molecule has 5 nitrogen and oxygen atoms in total. The van der Waals surface area contributed by atoms with Crippen molar-refractivity contribution in [1.82, 2.24) is 14.5 Å². The van der Waals surface area contributed by atoms with Gasteiger partial charge < -0.3 is 9.88 Å². The molecular weight excluding hydrogens is 488 g/mol. The Morgan fingerprint density at radius 1 is 1.00 bits per heavy atom. The van der Waals surface area contributed by atoms with Crippen LogP contribution in [0.4, 0.5) is 5.69 Å². The summed E-state index contributed by atoms with van der Waals surface area (Å²) in [4.78, 5) is 22.0. The van der Waals surface area contributed by atoms with E-state index in [1.165, 1.54) is 0 Å². The minimum absolute atomic E-state index is 0.120. The number of carbonyl (C=O) groups is 1. The summed E-state index contributed by atoms with van der Waals surface area (Å²) in [5, 5.41) is 4.67. The molecule has 1 N–H and O–H groups in total. The fourth-order valence-electron chi connectivity index (χ4n) is 4.01. The standard InChI is InChI=1S/C29H25ClN4OS/c1-19-5-3-8-25(20(19)2)32-28(35)23-11-9-21(10-12-23)17-34-27-16-31-14-13-26(27)33-29(34)36-18-22-6-4-7-24(30)15-22/h3-16H,17-18H2,1-2H3,(H,32,35). The van der Waals surface area contributed by atoms with Gasteiger partial charge in [-0.15, -0.1) is 0 Å². The Morgan fingerprint density at radius 2 is 1.81 bits per heavy atom. The number of hydrogen-bond acceptors (Lipinski definition) is 4. The van der Waals surface area contributed by atoms with E-state index in [1.807, 2.05) is 86.8 Å². The summed E-state index contributed by atoms with van der Waals surface area (Å²) in [5.41, 5.74) is 7.77. The monoisotopic (exact) mass is 512 g/mol. The lowest BCUT2D eigenvalue weighted by Crippen LogP contribution is -2.13. The summed E-state index contributed by atoms with van der Waals surface area (Å²) in [5.74, 6) is 0.639. The molecule has 0 atom stereocenters. The molecule has 1 amide bonds. The number of amides is 1. The number of nitrogens with one attached hydrogen (secondary N) is 1. The van der Waals surface area contributed by atoms with Gasteiger partial charge in [-0.2, -0.15) is 0 Å². The molecule has 0 fully saturated rings. The molecule has 0 aliphatic rings. The lowest BCUT2D eigenvalue weighted by Gasteiger charge is -2.12. The Morgan fingerprint density at radius 3 is 2.61 bits per heavy atom. The van der Waals surface area contributed by atoms with Crippen LogP contribution in [-0.4, -0.2) is 20.4 Å². The van der Waals surface area contributed by atoms with Crippen molar-refractivity contribution in [2.24, 2.45) is 0 Å². The second-order valence-electron chi connectivity index (χ2n) is 8.66. The predicted molar refractivity (Wildman–Crippen MR) is 148 cm³/mol. The Labute approximate surface area is 219 Å². The van der Waals surface area contributed by atoms with Gasteiger partial charge in [-0.1, -0.05) is 59.8 Å². The zero-order valence-corrected chi connectivity index (χ0v) is 21.6. The highest BCUT2D eigenvalue weighted by atomic mass is 35.5. The second-order valence-corrected chi connectivity index (χ2v) is 10.0. The number of benzene rings is 3. The second kappa shape index (κ2) is 10.6. The summed E-state index contributed by atoms with van der Waals surface area (Å²) in [6, 6.07) is 23.4. The van der Waals surface area contributed by atoms with Gasteiger partial charge in [-0.25, -0.2) is 4.98 Å². The molecule has 36 heavy (non-hydrogen) atoms. The summed E-state index contributed by atoms with van der Waals surface area (Å²) < 4.78 is 2.17. The van der Waals surface area contributed by atoms with E-state index >= 15 is 0 Å². The third-order valence-corrected chi connectivity index (χ3v) is 7.46. The fourth-order valence-corrected chi connectivity index (χ4v) is 5.18. The molecule has 0 aliphatic carbocycles. The fraction of sp³-hybridized carbons (Fsp3) is 0.138. The first kappa shape index (κ1) is 24.1. The molecule has 0 radical (unpaired) electrons. The van der Waals surface area contributed by atoms with Crippen molar-refractivity contribution in [2.75, 3.05) is 5.32 Å². The van der Waals surface area contributed by atoms with E-state index in [1.54, 1.807) is 18.0 Å². The van der Waals surface area contributed by atoms with Crippen LogP contribution in [0.2, 0.25) is 5.02 Å². The van der Waals surface area contributed by atoms with Crippen molar-refractivity contribution in [1.29, 1.82) is 0 Å². The third-order valence-electron chi connectivity index (χ3n) is 6.18. The SMILES string of the molecule is Cc1cccc(NC(=O)c2ccc(Cn3c(SCc4cccc(Cl)c4)nc4ccncc43)cc2)c1C. The minimum Gasteiger partial charge on any atom is -0.322 e. The van der Waals surface area contributed by atoms with Gasteiger partial charge >= 0.3 is 0 Å². The lowest BCUT2D eigenvalue weighted by atomic mass is 10.1. The number of thioether (sulfide) groups is 1. The molecule has 180 valence electrons. The van der Waals surface area contributed by atoms with Crippen LogP contribution in [-0.2, 0) is 12.3 Å². The van der Waals surface area contributed by atoms with Crippen molar-refractivity contribution in [3.05, 3.63) is 118 Å². The molecule has 5 rings (SSSR count). The van der Waals surface area contributed by atoms with Gasteiger partial charge in [0.2, 0.25) is 0 Å². The average Bonchev–Trinajstić information content (AvgIpc) is 3.23. The largest absolute Gasteiger partial charge is 0.322 e.